The number of hydrogen-bond acceptors (Lipinski definition) is 6. The van der Waals surface area contributed by atoms with Crippen molar-refractivity contribution >= 4 is 18.3 Å². The van der Waals surface area contributed by atoms with Crippen LogP contribution in [-0.4, -0.2) is 73.4 Å². The lowest BCUT2D eigenvalue weighted by atomic mass is 10.1. The molecule has 3 aliphatic heterocycles. The van der Waals surface area contributed by atoms with Gasteiger partial charge in [-0.2, -0.15) is 0 Å². The molecule has 116 valence electrons. The lowest BCUT2D eigenvalue weighted by molar-refractivity contribution is -0.163. The Morgan fingerprint density at radius 2 is 2.33 bits per heavy atom. The topological polar surface area (TPSA) is 83.5 Å². The maximum absolute atomic E-state index is 12.0. The molecule has 2 saturated heterocycles. The number of nitrogens with one attached hydrogen (secondary N) is 1. The molecule has 2 fully saturated rings. The molecule has 0 aromatic carbocycles. The summed E-state index contributed by atoms with van der Waals surface area (Å²) in [6.07, 6.45) is 4.15. The zero-order chi connectivity index (χ0) is 14.8. The molecule has 8 nitrogen and oxygen atoms in total. The molecule has 0 saturated carbocycles. The molecule has 0 spiro atoms. The Morgan fingerprint density at radius 3 is 3.10 bits per heavy atom. The average molecular weight is 296 g/mol. The number of hydrogen-bond donors (Lipinski definition) is 1. The molecule has 0 aliphatic carbocycles. The molecule has 0 radical (unpaired) electrons. The second-order valence-corrected chi connectivity index (χ2v) is 5.43. The number of likely N-dealkylation sites (N-methyl/N-ethyl adjacent to an activating group) is 1. The number of carbonyl (C=O) groups excluding carboxylic acids is 2. The van der Waals surface area contributed by atoms with Gasteiger partial charge in [-0.3, -0.25) is 10.1 Å². The Balaban J connectivity index is 1.51. The minimum absolute atomic E-state index is 0.140. The van der Waals surface area contributed by atoms with Crippen molar-refractivity contribution in [2.45, 2.75) is 37.8 Å². The quantitative estimate of drug-likeness (QED) is 0.773. The predicted octanol–water partition coefficient (Wildman–Crippen LogP) is -0.250. The lowest BCUT2D eigenvalue weighted by Crippen LogP contribution is -2.63. The van der Waals surface area contributed by atoms with Crippen molar-refractivity contribution in [2.75, 3.05) is 26.8 Å². The third-order valence-electron chi connectivity index (χ3n) is 4.01. The van der Waals surface area contributed by atoms with Crippen LogP contribution in [0.2, 0.25) is 0 Å². The van der Waals surface area contributed by atoms with E-state index in [4.69, 9.17) is 9.47 Å². The highest BCUT2D eigenvalue weighted by atomic mass is 16.7. The van der Waals surface area contributed by atoms with Crippen molar-refractivity contribution in [1.82, 2.24) is 15.1 Å². The van der Waals surface area contributed by atoms with Gasteiger partial charge in [-0.05, 0) is 19.3 Å². The first-order chi connectivity index (χ1) is 10.2. The molecule has 21 heavy (non-hydrogen) atoms. The Hall–Kier alpha value is -1.67. The van der Waals surface area contributed by atoms with Gasteiger partial charge in [0.05, 0.1) is 12.9 Å². The van der Waals surface area contributed by atoms with E-state index in [1.54, 1.807) is 13.4 Å². The predicted molar refractivity (Wildman–Crippen MR) is 73.6 cm³/mol. The molecule has 3 amide bonds. The molecule has 0 aromatic rings. The molecule has 0 aromatic heterocycles. The first-order valence-corrected chi connectivity index (χ1v) is 7.27. The van der Waals surface area contributed by atoms with E-state index in [1.807, 2.05) is 4.90 Å². The SMILES string of the molecule is CN1C(=O)NC(=O)C2C1N=CN2CCOC1CCCCO1. The second-order valence-electron chi connectivity index (χ2n) is 5.43. The number of ether oxygens (including phenoxy) is 2. The number of aliphatic imine (C=N–C) groups is 1. The first kappa shape index (κ1) is 14.3. The third kappa shape index (κ3) is 2.86. The number of nitrogens with zero attached hydrogens (tertiary/aromatic N) is 3. The van der Waals surface area contributed by atoms with E-state index < -0.39 is 18.2 Å². The summed E-state index contributed by atoms with van der Waals surface area (Å²) in [5.74, 6) is -0.311. The summed E-state index contributed by atoms with van der Waals surface area (Å²) in [6, 6.07) is -0.879. The molecule has 3 aliphatic rings. The smallest absolute Gasteiger partial charge is 0.325 e. The standard InChI is InChI=1S/C13H20N4O4/c1-16-11-10(12(18)15-13(16)19)17(8-14-11)5-7-21-9-4-2-3-6-20-9/h8-11H,2-7H2,1H3,(H,15,18,19). The van der Waals surface area contributed by atoms with Crippen LogP contribution in [0, 0.1) is 0 Å². The van der Waals surface area contributed by atoms with Crippen molar-refractivity contribution < 1.29 is 19.1 Å². The number of fused-ring (bicyclic) bond motifs is 1. The highest BCUT2D eigenvalue weighted by Crippen LogP contribution is 2.20. The number of imide groups is 1. The number of urea groups is 1. The van der Waals surface area contributed by atoms with Gasteiger partial charge in [-0.15, -0.1) is 0 Å². The average Bonchev–Trinajstić information content (AvgIpc) is 2.91. The summed E-state index contributed by atoms with van der Waals surface area (Å²) >= 11 is 0. The van der Waals surface area contributed by atoms with Gasteiger partial charge in [0.15, 0.2) is 18.5 Å². The zero-order valence-corrected chi connectivity index (χ0v) is 12.0. The highest BCUT2D eigenvalue weighted by molar-refractivity contribution is 6.01. The summed E-state index contributed by atoms with van der Waals surface area (Å²) in [5.41, 5.74) is 0. The van der Waals surface area contributed by atoms with E-state index in [0.717, 1.165) is 25.9 Å². The molecule has 3 rings (SSSR count). The Labute approximate surface area is 123 Å². The number of carbonyl (C=O) groups is 2. The van der Waals surface area contributed by atoms with Crippen LogP contribution in [0.15, 0.2) is 4.99 Å². The fraction of sp³-hybridized carbons (Fsp3) is 0.769. The van der Waals surface area contributed by atoms with Crippen molar-refractivity contribution in [1.29, 1.82) is 0 Å². The summed E-state index contributed by atoms with van der Waals surface area (Å²) in [5, 5.41) is 2.33. The van der Waals surface area contributed by atoms with Crippen LogP contribution in [0.25, 0.3) is 0 Å². The van der Waals surface area contributed by atoms with E-state index in [1.165, 1.54) is 4.90 Å². The van der Waals surface area contributed by atoms with E-state index >= 15 is 0 Å². The molecule has 1 N–H and O–H groups in total. The molecule has 3 heterocycles. The van der Waals surface area contributed by atoms with E-state index in [9.17, 15) is 9.59 Å². The van der Waals surface area contributed by atoms with E-state index in [0.29, 0.717) is 13.2 Å². The van der Waals surface area contributed by atoms with Crippen LogP contribution in [0.5, 0.6) is 0 Å². The Kier molecular flexibility index (Phi) is 4.07. The number of rotatable bonds is 4. The van der Waals surface area contributed by atoms with Crippen molar-refractivity contribution in [3.63, 3.8) is 0 Å². The third-order valence-corrected chi connectivity index (χ3v) is 4.01. The molecule has 3 atom stereocenters. The van der Waals surface area contributed by atoms with Crippen molar-refractivity contribution in [2.24, 2.45) is 4.99 Å². The highest BCUT2D eigenvalue weighted by Gasteiger charge is 2.45. The lowest BCUT2D eigenvalue weighted by Gasteiger charge is -2.35. The normalized spacial score (nSPS) is 32.3. The van der Waals surface area contributed by atoms with E-state index in [-0.39, 0.29) is 12.2 Å². The van der Waals surface area contributed by atoms with Gasteiger partial charge in [-0.25, -0.2) is 9.79 Å². The Bertz CT molecular complexity index is 449. The maximum atomic E-state index is 12.0. The Morgan fingerprint density at radius 1 is 1.48 bits per heavy atom. The molecular weight excluding hydrogens is 276 g/mol. The van der Waals surface area contributed by atoms with Gasteiger partial charge in [0.25, 0.3) is 5.91 Å². The van der Waals surface area contributed by atoms with Crippen LogP contribution in [0.1, 0.15) is 19.3 Å². The fourth-order valence-corrected chi connectivity index (χ4v) is 2.79. The van der Waals surface area contributed by atoms with E-state index in [2.05, 4.69) is 10.3 Å². The molecule has 3 unspecified atom stereocenters. The van der Waals surface area contributed by atoms with Crippen molar-refractivity contribution in [3.8, 4) is 0 Å². The minimum atomic E-state index is -0.469. The van der Waals surface area contributed by atoms with Crippen LogP contribution in [-0.2, 0) is 14.3 Å². The summed E-state index contributed by atoms with van der Waals surface area (Å²) in [4.78, 5) is 31.0. The van der Waals surface area contributed by atoms with Crippen LogP contribution in [0.3, 0.4) is 0 Å². The summed E-state index contributed by atoms with van der Waals surface area (Å²) in [7, 11) is 1.63. The largest absolute Gasteiger partial charge is 0.353 e. The van der Waals surface area contributed by atoms with Gasteiger partial charge in [0.1, 0.15) is 0 Å². The molecule has 0 bridgehead atoms. The molecular formula is C13H20N4O4. The van der Waals surface area contributed by atoms with Crippen LogP contribution < -0.4 is 5.32 Å². The van der Waals surface area contributed by atoms with Gasteiger partial charge < -0.3 is 19.3 Å². The van der Waals surface area contributed by atoms with Gasteiger partial charge >= 0.3 is 6.03 Å². The minimum Gasteiger partial charge on any atom is -0.353 e. The maximum Gasteiger partial charge on any atom is 0.325 e. The second kappa shape index (κ2) is 5.98. The summed E-state index contributed by atoms with van der Waals surface area (Å²) < 4.78 is 11.2. The first-order valence-electron chi connectivity index (χ1n) is 7.27. The van der Waals surface area contributed by atoms with Gasteiger partial charge in [-0.1, -0.05) is 0 Å². The van der Waals surface area contributed by atoms with Crippen LogP contribution in [0.4, 0.5) is 4.79 Å². The zero-order valence-electron chi connectivity index (χ0n) is 12.0. The van der Waals surface area contributed by atoms with Crippen molar-refractivity contribution in [3.05, 3.63) is 0 Å². The monoisotopic (exact) mass is 296 g/mol. The molecule has 8 heteroatoms. The van der Waals surface area contributed by atoms with Gasteiger partial charge in [0.2, 0.25) is 0 Å². The van der Waals surface area contributed by atoms with Crippen LogP contribution >= 0.6 is 0 Å². The van der Waals surface area contributed by atoms with Gasteiger partial charge in [0, 0.05) is 20.2 Å². The fourth-order valence-electron chi connectivity index (χ4n) is 2.79. The number of amides is 3. The summed E-state index contributed by atoms with van der Waals surface area (Å²) in [6.45, 7) is 1.75.